The Morgan fingerprint density at radius 3 is 2.58 bits per heavy atom. The Labute approximate surface area is 217 Å². The summed E-state index contributed by atoms with van der Waals surface area (Å²) in [7, 11) is 3.02. The van der Waals surface area contributed by atoms with Crippen LogP contribution in [-0.2, 0) is 0 Å². The molecule has 1 heterocycles. The first-order chi connectivity index (χ1) is 17.5. The Hall–Kier alpha value is -4.14. The van der Waals surface area contributed by atoms with Crippen molar-refractivity contribution >= 4 is 62.4 Å². The number of amides is 1. The standard InChI is InChI=1S/C27H20ClN3O4S/c1-33-16-10-11-20(24(14-16)34-2)25(32)31-27(36)29-15-9-12-23-22(13-15)30-26(35-23)19-7-3-6-18-17(19)5-4-8-21(18)28/h3-14H,1-2H3,(H2,29,31,32,36). The zero-order valence-electron chi connectivity index (χ0n) is 19.3. The molecule has 0 saturated heterocycles. The first-order valence-electron chi connectivity index (χ1n) is 10.9. The summed E-state index contributed by atoms with van der Waals surface area (Å²) in [5.74, 6) is 1.03. The molecule has 36 heavy (non-hydrogen) atoms. The number of hydrogen-bond donors (Lipinski definition) is 2. The van der Waals surface area contributed by atoms with Crippen LogP contribution in [0.5, 0.6) is 11.5 Å². The highest BCUT2D eigenvalue weighted by Gasteiger charge is 2.16. The van der Waals surface area contributed by atoms with Crippen LogP contribution in [0, 0.1) is 0 Å². The van der Waals surface area contributed by atoms with Crippen molar-refractivity contribution in [1.29, 1.82) is 0 Å². The maximum Gasteiger partial charge on any atom is 0.261 e. The topological polar surface area (TPSA) is 85.6 Å². The number of halogens is 1. The fourth-order valence-electron chi connectivity index (χ4n) is 3.90. The summed E-state index contributed by atoms with van der Waals surface area (Å²) in [4.78, 5) is 17.4. The third kappa shape index (κ3) is 4.56. The minimum atomic E-state index is -0.411. The number of ether oxygens (including phenoxy) is 2. The predicted octanol–water partition coefficient (Wildman–Crippen LogP) is 6.45. The quantitative estimate of drug-likeness (QED) is 0.259. The Kier molecular flexibility index (Phi) is 6.45. The minimum Gasteiger partial charge on any atom is -0.497 e. The van der Waals surface area contributed by atoms with Crippen LogP contribution in [-0.4, -0.2) is 30.2 Å². The molecule has 1 aromatic heterocycles. The lowest BCUT2D eigenvalue weighted by atomic mass is 10.0. The van der Waals surface area contributed by atoms with Gasteiger partial charge >= 0.3 is 0 Å². The van der Waals surface area contributed by atoms with Gasteiger partial charge in [-0.15, -0.1) is 0 Å². The van der Waals surface area contributed by atoms with Crippen molar-refractivity contribution < 1.29 is 18.7 Å². The number of rotatable bonds is 5. The fourth-order valence-corrected chi connectivity index (χ4v) is 4.35. The van der Waals surface area contributed by atoms with E-state index < -0.39 is 5.91 Å². The highest BCUT2D eigenvalue weighted by molar-refractivity contribution is 7.80. The molecule has 0 unspecified atom stereocenters. The van der Waals surface area contributed by atoms with Crippen LogP contribution in [0.4, 0.5) is 5.69 Å². The molecule has 5 aromatic rings. The number of fused-ring (bicyclic) bond motifs is 2. The Balaban J connectivity index is 1.36. The van der Waals surface area contributed by atoms with Crippen LogP contribution in [0.2, 0.25) is 5.02 Å². The molecule has 0 bridgehead atoms. The monoisotopic (exact) mass is 517 g/mol. The summed E-state index contributed by atoms with van der Waals surface area (Å²) in [5.41, 5.74) is 3.08. The molecular formula is C27H20ClN3O4S. The van der Waals surface area contributed by atoms with Crippen molar-refractivity contribution in [1.82, 2.24) is 10.3 Å². The summed E-state index contributed by atoms with van der Waals surface area (Å²) in [6, 6.07) is 21.9. The van der Waals surface area contributed by atoms with E-state index in [9.17, 15) is 4.79 Å². The third-order valence-corrected chi connectivity index (χ3v) is 6.16. The van der Waals surface area contributed by atoms with Crippen LogP contribution >= 0.6 is 23.8 Å². The van der Waals surface area contributed by atoms with Gasteiger partial charge in [-0.05, 0) is 60.1 Å². The molecule has 1 amide bonds. The van der Waals surface area contributed by atoms with E-state index in [4.69, 9.17) is 37.7 Å². The molecule has 0 aliphatic heterocycles. The van der Waals surface area contributed by atoms with Crippen molar-refractivity contribution in [2.24, 2.45) is 0 Å². The van der Waals surface area contributed by atoms with Crippen molar-refractivity contribution in [3.8, 4) is 23.0 Å². The van der Waals surface area contributed by atoms with E-state index in [0.29, 0.717) is 44.8 Å². The molecule has 0 aliphatic carbocycles. The molecule has 0 atom stereocenters. The van der Waals surface area contributed by atoms with Crippen LogP contribution in [0.3, 0.4) is 0 Å². The normalized spacial score (nSPS) is 10.9. The number of hydrogen-bond acceptors (Lipinski definition) is 6. The molecule has 9 heteroatoms. The van der Waals surface area contributed by atoms with Gasteiger partial charge in [-0.25, -0.2) is 4.98 Å². The van der Waals surface area contributed by atoms with Gasteiger partial charge in [0.25, 0.3) is 5.91 Å². The second kappa shape index (κ2) is 9.85. The van der Waals surface area contributed by atoms with Crippen LogP contribution in [0.25, 0.3) is 33.3 Å². The number of anilines is 1. The summed E-state index contributed by atoms with van der Waals surface area (Å²) < 4.78 is 16.5. The van der Waals surface area contributed by atoms with Crippen molar-refractivity contribution in [2.45, 2.75) is 0 Å². The average molecular weight is 518 g/mol. The Morgan fingerprint density at radius 1 is 0.972 bits per heavy atom. The van der Waals surface area contributed by atoms with Gasteiger partial charge < -0.3 is 19.2 Å². The van der Waals surface area contributed by atoms with E-state index >= 15 is 0 Å². The molecule has 0 radical (unpaired) electrons. The molecule has 180 valence electrons. The lowest BCUT2D eigenvalue weighted by Gasteiger charge is -2.12. The van der Waals surface area contributed by atoms with Gasteiger partial charge in [-0.3, -0.25) is 10.1 Å². The second-order valence-corrected chi connectivity index (χ2v) is 8.63. The molecule has 0 fully saturated rings. The van der Waals surface area contributed by atoms with Crippen molar-refractivity contribution in [3.05, 3.63) is 83.4 Å². The van der Waals surface area contributed by atoms with Gasteiger partial charge in [0.15, 0.2) is 10.7 Å². The van der Waals surface area contributed by atoms with Gasteiger partial charge in [0, 0.05) is 27.7 Å². The number of benzene rings is 4. The van der Waals surface area contributed by atoms with Crippen LogP contribution < -0.4 is 20.1 Å². The van der Waals surface area contributed by atoms with E-state index in [2.05, 4.69) is 15.6 Å². The number of nitrogens with zero attached hydrogens (tertiary/aromatic N) is 1. The largest absolute Gasteiger partial charge is 0.497 e. The molecule has 0 spiro atoms. The first kappa shape index (κ1) is 23.6. The summed E-state index contributed by atoms with van der Waals surface area (Å²) in [6.07, 6.45) is 0. The smallest absolute Gasteiger partial charge is 0.261 e. The molecular weight excluding hydrogens is 498 g/mol. The van der Waals surface area contributed by atoms with E-state index in [0.717, 1.165) is 16.3 Å². The number of carbonyl (C=O) groups is 1. The summed E-state index contributed by atoms with van der Waals surface area (Å²) in [5, 5.41) is 8.36. The lowest BCUT2D eigenvalue weighted by molar-refractivity contribution is 0.0974. The molecule has 7 nitrogen and oxygen atoms in total. The van der Waals surface area contributed by atoms with E-state index in [1.165, 1.54) is 7.11 Å². The Bertz CT molecular complexity index is 1630. The zero-order chi connectivity index (χ0) is 25.2. The second-order valence-electron chi connectivity index (χ2n) is 7.82. The summed E-state index contributed by atoms with van der Waals surface area (Å²) in [6.45, 7) is 0. The SMILES string of the molecule is COc1ccc(C(=O)NC(=S)Nc2ccc3oc(-c4cccc5c(Cl)cccc45)nc3c2)c(OC)c1. The molecule has 0 saturated carbocycles. The summed E-state index contributed by atoms with van der Waals surface area (Å²) >= 11 is 11.7. The molecule has 0 aliphatic rings. The van der Waals surface area contributed by atoms with E-state index in [1.807, 2.05) is 36.4 Å². The van der Waals surface area contributed by atoms with Gasteiger partial charge in [0.1, 0.15) is 17.0 Å². The maximum atomic E-state index is 12.7. The van der Waals surface area contributed by atoms with Crippen molar-refractivity contribution in [3.63, 3.8) is 0 Å². The number of methoxy groups -OCH3 is 2. The highest BCUT2D eigenvalue weighted by Crippen LogP contribution is 2.34. The van der Waals surface area contributed by atoms with E-state index in [1.54, 1.807) is 43.5 Å². The predicted molar refractivity (Wildman–Crippen MR) is 145 cm³/mol. The van der Waals surface area contributed by atoms with Gasteiger partial charge in [-0.1, -0.05) is 35.9 Å². The van der Waals surface area contributed by atoms with Crippen LogP contribution in [0.15, 0.2) is 77.2 Å². The number of aromatic nitrogens is 1. The minimum absolute atomic E-state index is 0.129. The van der Waals surface area contributed by atoms with Gasteiger partial charge in [0.2, 0.25) is 5.89 Å². The highest BCUT2D eigenvalue weighted by atomic mass is 35.5. The Morgan fingerprint density at radius 2 is 1.78 bits per heavy atom. The number of oxazole rings is 1. The van der Waals surface area contributed by atoms with Gasteiger partial charge in [-0.2, -0.15) is 0 Å². The fraction of sp³-hybridized carbons (Fsp3) is 0.0741. The maximum absolute atomic E-state index is 12.7. The van der Waals surface area contributed by atoms with E-state index in [-0.39, 0.29) is 5.11 Å². The van der Waals surface area contributed by atoms with Crippen molar-refractivity contribution in [2.75, 3.05) is 19.5 Å². The number of nitrogens with one attached hydrogen (secondary N) is 2. The zero-order valence-corrected chi connectivity index (χ0v) is 20.9. The lowest BCUT2D eigenvalue weighted by Crippen LogP contribution is -2.34. The first-order valence-corrected chi connectivity index (χ1v) is 11.7. The molecule has 2 N–H and O–H groups in total. The number of thiocarbonyl (C=S) groups is 1. The molecule has 5 rings (SSSR count). The number of carbonyl (C=O) groups excluding carboxylic acids is 1. The third-order valence-electron chi connectivity index (χ3n) is 5.63. The van der Waals surface area contributed by atoms with Crippen LogP contribution in [0.1, 0.15) is 10.4 Å². The average Bonchev–Trinajstić information content (AvgIpc) is 3.31. The van der Waals surface area contributed by atoms with Gasteiger partial charge in [0.05, 0.1) is 19.8 Å². The molecule has 4 aromatic carbocycles.